The van der Waals surface area contributed by atoms with Crippen molar-refractivity contribution in [2.45, 2.75) is 188 Å². The van der Waals surface area contributed by atoms with Gasteiger partial charge in [-0.25, -0.2) is 0 Å². The second kappa shape index (κ2) is 15.3. The number of hydrogen-bond acceptors (Lipinski definition) is 2. The maximum Gasteiger partial charge on any atom is 0.306 e. The van der Waals surface area contributed by atoms with E-state index in [0.29, 0.717) is 17.3 Å². The molecular formula is C38H68O2. The highest BCUT2D eigenvalue weighted by molar-refractivity contribution is 5.69. The molecule has 232 valence electrons. The van der Waals surface area contributed by atoms with Crippen LogP contribution in [0.15, 0.2) is 0 Å². The van der Waals surface area contributed by atoms with Gasteiger partial charge in [-0.3, -0.25) is 4.79 Å². The highest BCUT2D eigenvalue weighted by atomic mass is 16.5. The molecule has 0 radical (unpaired) electrons. The maximum absolute atomic E-state index is 12.6. The van der Waals surface area contributed by atoms with Crippen LogP contribution in [-0.2, 0) is 9.53 Å². The minimum atomic E-state index is 0.0818. The molecule has 2 heteroatoms. The molecule has 2 nitrogen and oxygen atoms in total. The van der Waals surface area contributed by atoms with Crippen LogP contribution in [0.4, 0.5) is 0 Å². The van der Waals surface area contributed by atoms with Gasteiger partial charge in [-0.1, -0.05) is 112 Å². The van der Waals surface area contributed by atoms with Crippen molar-refractivity contribution in [3.05, 3.63) is 0 Å². The molecule has 5 unspecified atom stereocenters. The normalized spacial score (nSPS) is 37.8. The Hall–Kier alpha value is -0.530. The summed E-state index contributed by atoms with van der Waals surface area (Å²) in [7, 11) is 0. The van der Waals surface area contributed by atoms with Crippen molar-refractivity contribution in [2.24, 2.45) is 46.3 Å². The Morgan fingerprint density at radius 1 is 0.725 bits per heavy atom. The lowest BCUT2D eigenvalue weighted by Crippen LogP contribution is -2.54. The van der Waals surface area contributed by atoms with E-state index in [2.05, 4.69) is 34.6 Å². The molecule has 9 atom stereocenters. The molecule has 0 N–H and O–H groups in total. The van der Waals surface area contributed by atoms with E-state index in [1.54, 1.807) is 0 Å². The summed E-state index contributed by atoms with van der Waals surface area (Å²) in [6.07, 6.45) is 30.6. The largest absolute Gasteiger partial charge is 0.462 e. The van der Waals surface area contributed by atoms with Gasteiger partial charge in [0.25, 0.3) is 0 Å². The summed E-state index contributed by atoms with van der Waals surface area (Å²) in [6.45, 7) is 12.6. The molecule has 4 saturated carbocycles. The fourth-order valence-electron chi connectivity index (χ4n) is 11.0. The van der Waals surface area contributed by atoms with Gasteiger partial charge < -0.3 is 4.74 Å². The Kier molecular flexibility index (Phi) is 12.4. The summed E-state index contributed by atoms with van der Waals surface area (Å²) < 4.78 is 6.10. The first-order chi connectivity index (χ1) is 19.3. The molecule has 0 amide bonds. The molecule has 0 aromatic rings. The highest BCUT2D eigenvalue weighted by Gasteiger charge is 2.60. The van der Waals surface area contributed by atoms with Crippen LogP contribution >= 0.6 is 0 Å². The molecule has 4 aliphatic rings. The fourth-order valence-corrected chi connectivity index (χ4v) is 11.0. The lowest BCUT2D eigenvalue weighted by molar-refractivity contribution is -0.162. The second-order valence-corrected chi connectivity index (χ2v) is 15.8. The third-order valence-corrected chi connectivity index (χ3v) is 13.4. The predicted molar refractivity (Wildman–Crippen MR) is 170 cm³/mol. The van der Waals surface area contributed by atoms with Gasteiger partial charge in [0.1, 0.15) is 6.10 Å². The van der Waals surface area contributed by atoms with E-state index >= 15 is 0 Å². The SMILES string of the molecule is CCCCCCCCC(=O)OC1CC[C@@]2(C)C(CCC3C2CC[C@@]2(C)C3CC[C@@H]2[C@H](C)CCCCCCCC)C1. The molecule has 4 aliphatic carbocycles. The number of carbonyl (C=O) groups is 1. The van der Waals surface area contributed by atoms with Crippen LogP contribution in [0.1, 0.15) is 182 Å². The van der Waals surface area contributed by atoms with Crippen molar-refractivity contribution in [1.82, 2.24) is 0 Å². The summed E-state index contributed by atoms with van der Waals surface area (Å²) in [5, 5.41) is 0. The van der Waals surface area contributed by atoms with Gasteiger partial charge in [-0.05, 0) is 111 Å². The van der Waals surface area contributed by atoms with Crippen molar-refractivity contribution in [3.63, 3.8) is 0 Å². The third kappa shape index (κ3) is 7.51. The molecule has 0 aromatic carbocycles. The molecule has 0 spiro atoms. The minimum absolute atomic E-state index is 0.0818. The van der Waals surface area contributed by atoms with Crippen LogP contribution in [0.3, 0.4) is 0 Å². The average Bonchev–Trinajstić information content (AvgIpc) is 3.30. The van der Waals surface area contributed by atoms with Gasteiger partial charge in [0.15, 0.2) is 0 Å². The van der Waals surface area contributed by atoms with Crippen molar-refractivity contribution < 1.29 is 9.53 Å². The van der Waals surface area contributed by atoms with Crippen LogP contribution in [0.2, 0.25) is 0 Å². The topological polar surface area (TPSA) is 26.3 Å². The Balaban J connectivity index is 1.25. The second-order valence-electron chi connectivity index (χ2n) is 15.8. The maximum atomic E-state index is 12.6. The van der Waals surface area contributed by atoms with Gasteiger partial charge in [0, 0.05) is 6.42 Å². The summed E-state index contributed by atoms with van der Waals surface area (Å²) >= 11 is 0. The first-order valence-corrected chi connectivity index (χ1v) is 18.5. The fraction of sp³-hybridized carbons (Fsp3) is 0.974. The van der Waals surface area contributed by atoms with E-state index < -0.39 is 0 Å². The number of ether oxygens (including phenoxy) is 1. The number of fused-ring (bicyclic) bond motifs is 5. The monoisotopic (exact) mass is 557 g/mol. The van der Waals surface area contributed by atoms with Crippen LogP contribution < -0.4 is 0 Å². The molecule has 4 rings (SSSR count). The number of carbonyl (C=O) groups excluding carboxylic acids is 1. The number of rotatable bonds is 16. The quantitative estimate of drug-likeness (QED) is 0.140. The van der Waals surface area contributed by atoms with E-state index in [4.69, 9.17) is 4.74 Å². The first-order valence-electron chi connectivity index (χ1n) is 18.5. The predicted octanol–water partition coefficient (Wildman–Crippen LogP) is 11.7. The van der Waals surface area contributed by atoms with E-state index in [1.807, 2.05) is 0 Å². The summed E-state index contributed by atoms with van der Waals surface area (Å²) in [6, 6.07) is 0. The van der Waals surface area contributed by atoms with Crippen molar-refractivity contribution >= 4 is 5.97 Å². The smallest absolute Gasteiger partial charge is 0.306 e. The lowest BCUT2D eigenvalue weighted by atomic mass is 9.44. The summed E-state index contributed by atoms with van der Waals surface area (Å²) in [4.78, 5) is 12.6. The van der Waals surface area contributed by atoms with Gasteiger partial charge in [-0.2, -0.15) is 0 Å². The highest BCUT2D eigenvalue weighted by Crippen LogP contribution is 2.68. The Morgan fingerprint density at radius 3 is 2.08 bits per heavy atom. The Bertz CT molecular complexity index is 761. The zero-order valence-corrected chi connectivity index (χ0v) is 27.6. The van der Waals surface area contributed by atoms with Gasteiger partial charge in [-0.15, -0.1) is 0 Å². The molecule has 0 saturated heterocycles. The molecular weight excluding hydrogens is 488 g/mol. The van der Waals surface area contributed by atoms with E-state index in [1.165, 1.54) is 122 Å². The standard InChI is InChI=1S/C38H68O2/c1-6-8-10-12-14-16-18-29(3)33-22-23-34-32-21-20-30-28-31(40-36(39)19-17-15-13-11-9-7-2)24-26-37(30,4)35(32)25-27-38(33,34)5/h29-35H,6-28H2,1-5H3/t29-,30?,31?,32?,33-,34?,35?,37+,38-/m1/s1. The molecule has 0 aromatic heterocycles. The third-order valence-electron chi connectivity index (χ3n) is 13.4. The van der Waals surface area contributed by atoms with E-state index in [-0.39, 0.29) is 12.1 Å². The zero-order valence-electron chi connectivity index (χ0n) is 27.6. The van der Waals surface area contributed by atoms with Crippen LogP contribution in [0, 0.1) is 46.3 Å². The van der Waals surface area contributed by atoms with Crippen molar-refractivity contribution in [2.75, 3.05) is 0 Å². The van der Waals surface area contributed by atoms with Crippen molar-refractivity contribution in [3.8, 4) is 0 Å². The molecule has 40 heavy (non-hydrogen) atoms. The molecule has 0 heterocycles. The van der Waals surface area contributed by atoms with E-state index in [0.717, 1.165) is 54.8 Å². The number of esters is 1. The molecule has 0 bridgehead atoms. The average molecular weight is 557 g/mol. The van der Waals surface area contributed by atoms with Gasteiger partial charge in [0.05, 0.1) is 0 Å². The van der Waals surface area contributed by atoms with Gasteiger partial charge >= 0.3 is 5.97 Å². The Morgan fingerprint density at radius 2 is 1.35 bits per heavy atom. The van der Waals surface area contributed by atoms with Crippen LogP contribution in [0.25, 0.3) is 0 Å². The number of unbranched alkanes of at least 4 members (excludes halogenated alkanes) is 10. The summed E-state index contributed by atoms with van der Waals surface area (Å²) in [5.41, 5.74) is 1.07. The molecule has 4 fully saturated rings. The Labute approximate surface area is 249 Å². The van der Waals surface area contributed by atoms with Crippen molar-refractivity contribution in [1.29, 1.82) is 0 Å². The van der Waals surface area contributed by atoms with Crippen LogP contribution in [-0.4, -0.2) is 12.1 Å². The van der Waals surface area contributed by atoms with E-state index in [9.17, 15) is 4.79 Å². The van der Waals surface area contributed by atoms with Gasteiger partial charge in [0.2, 0.25) is 0 Å². The number of hydrogen-bond donors (Lipinski definition) is 0. The van der Waals surface area contributed by atoms with Crippen LogP contribution in [0.5, 0.6) is 0 Å². The lowest BCUT2D eigenvalue weighted by Gasteiger charge is -2.61. The minimum Gasteiger partial charge on any atom is -0.462 e. The first kappa shape index (κ1) is 32.4. The molecule has 0 aliphatic heterocycles. The zero-order chi connectivity index (χ0) is 28.6. The summed E-state index contributed by atoms with van der Waals surface area (Å²) in [5.74, 6) is 5.55.